The van der Waals surface area contributed by atoms with Crippen LogP contribution in [0.5, 0.6) is 0 Å². The van der Waals surface area contributed by atoms with E-state index in [1.54, 1.807) is 0 Å². The molecule has 0 aromatic carbocycles. The van der Waals surface area contributed by atoms with E-state index >= 15 is 0 Å². The Labute approximate surface area is 73.9 Å². The zero-order valence-electron chi connectivity index (χ0n) is 7.13. The predicted molar refractivity (Wildman–Crippen MR) is 53.4 cm³/mol. The standard InChI is InChI=1S/C8H16N2S/c1-3-4-5-6-7(2)10-8(9)11/h3-4,7H,5-6H2,1-2H3,(H3,9,10,11). The van der Waals surface area contributed by atoms with E-state index < -0.39 is 0 Å². The predicted octanol–water partition coefficient (Wildman–Crippen LogP) is 1.56. The van der Waals surface area contributed by atoms with E-state index in [1.165, 1.54) is 0 Å². The molecule has 3 heteroatoms. The van der Waals surface area contributed by atoms with Crippen molar-refractivity contribution in [1.82, 2.24) is 5.32 Å². The topological polar surface area (TPSA) is 38.0 Å². The highest BCUT2D eigenvalue weighted by molar-refractivity contribution is 7.80. The maximum atomic E-state index is 5.30. The number of nitrogens with two attached hydrogens (primary N) is 1. The largest absolute Gasteiger partial charge is 0.376 e. The summed E-state index contributed by atoms with van der Waals surface area (Å²) in [5.41, 5.74) is 5.30. The highest BCUT2D eigenvalue weighted by Crippen LogP contribution is 1.96. The van der Waals surface area contributed by atoms with Crippen molar-refractivity contribution in [2.45, 2.75) is 32.7 Å². The normalized spacial score (nSPS) is 13.3. The zero-order valence-corrected chi connectivity index (χ0v) is 7.95. The molecule has 1 atom stereocenters. The molecule has 0 aliphatic rings. The quantitative estimate of drug-likeness (QED) is 0.499. The molecule has 64 valence electrons. The molecule has 0 saturated heterocycles. The van der Waals surface area contributed by atoms with Crippen molar-refractivity contribution < 1.29 is 0 Å². The monoisotopic (exact) mass is 172 g/mol. The first-order valence-electron chi connectivity index (χ1n) is 3.84. The molecule has 0 aliphatic heterocycles. The van der Waals surface area contributed by atoms with Gasteiger partial charge in [-0.3, -0.25) is 0 Å². The average Bonchev–Trinajstić information content (AvgIpc) is 1.86. The van der Waals surface area contributed by atoms with Gasteiger partial charge >= 0.3 is 0 Å². The lowest BCUT2D eigenvalue weighted by Crippen LogP contribution is -2.36. The fourth-order valence-electron chi connectivity index (χ4n) is 0.828. The summed E-state index contributed by atoms with van der Waals surface area (Å²) in [6, 6.07) is 0.378. The van der Waals surface area contributed by atoms with Crippen LogP contribution in [0.15, 0.2) is 12.2 Å². The maximum absolute atomic E-state index is 5.30. The summed E-state index contributed by atoms with van der Waals surface area (Å²) in [7, 11) is 0. The molecule has 0 spiro atoms. The molecular formula is C8H16N2S. The molecule has 2 nitrogen and oxygen atoms in total. The average molecular weight is 172 g/mol. The van der Waals surface area contributed by atoms with Crippen LogP contribution in [-0.4, -0.2) is 11.2 Å². The number of hydrogen-bond acceptors (Lipinski definition) is 1. The Balaban J connectivity index is 3.36. The molecule has 0 amide bonds. The molecule has 0 aromatic heterocycles. The minimum absolute atomic E-state index is 0.378. The van der Waals surface area contributed by atoms with E-state index in [0.717, 1.165) is 12.8 Å². The molecule has 0 heterocycles. The third kappa shape index (κ3) is 7.33. The van der Waals surface area contributed by atoms with E-state index in [-0.39, 0.29) is 0 Å². The van der Waals surface area contributed by atoms with Gasteiger partial charge in [0.05, 0.1) is 0 Å². The summed E-state index contributed by atoms with van der Waals surface area (Å²) in [5.74, 6) is 0. The molecule has 0 fully saturated rings. The Morgan fingerprint density at radius 1 is 1.73 bits per heavy atom. The van der Waals surface area contributed by atoms with Crippen molar-refractivity contribution in [3.8, 4) is 0 Å². The Bertz CT molecular complexity index is 143. The van der Waals surface area contributed by atoms with Crippen molar-refractivity contribution in [2.24, 2.45) is 5.73 Å². The number of allylic oxidation sites excluding steroid dienone is 2. The number of rotatable bonds is 4. The lowest BCUT2D eigenvalue weighted by Gasteiger charge is -2.11. The van der Waals surface area contributed by atoms with Gasteiger partial charge in [0.1, 0.15) is 0 Å². The van der Waals surface area contributed by atoms with E-state index in [9.17, 15) is 0 Å². The Morgan fingerprint density at radius 3 is 2.82 bits per heavy atom. The number of hydrogen-bond donors (Lipinski definition) is 2. The van der Waals surface area contributed by atoms with E-state index in [1.807, 2.05) is 13.0 Å². The first-order valence-corrected chi connectivity index (χ1v) is 4.24. The summed E-state index contributed by atoms with van der Waals surface area (Å²) in [4.78, 5) is 0. The van der Waals surface area contributed by atoms with Gasteiger partial charge in [0.25, 0.3) is 0 Å². The molecule has 11 heavy (non-hydrogen) atoms. The highest BCUT2D eigenvalue weighted by Gasteiger charge is 1.98. The van der Waals surface area contributed by atoms with Crippen molar-refractivity contribution in [2.75, 3.05) is 0 Å². The number of thiocarbonyl (C=S) groups is 1. The molecule has 3 N–H and O–H groups in total. The van der Waals surface area contributed by atoms with Crippen LogP contribution in [0.25, 0.3) is 0 Å². The van der Waals surface area contributed by atoms with Gasteiger partial charge in [0.15, 0.2) is 5.11 Å². The van der Waals surface area contributed by atoms with Gasteiger partial charge < -0.3 is 11.1 Å². The summed E-state index contributed by atoms with van der Waals surface area (Å²) in [6.07, 6.45) is 6.33. The Kier molecular flexibility index (Phi) is 5.84. The van der Waals surface area contributed by atoms with Crippen LogP contribution in [-0.2, 0) is 0 Å². The lowest BCUT2D eigenvalue weighted by atomic mass is 10.2. The third-order valence-electron chi connectivity index (χ3n) is 1.39. The fraction of sp³-hybridized carbons (Fsp3) is 0.625. The molecule has 0 saturated carbocycles. The van der Waals surface area contributed by atoms with Crippen LogP contribution in [0.4, 0.5) is 0 Å². The Hall–Kier alpha value is -0.570. The summed E-state index contributed by atoms with van der Waals surface area (Å²) < 4.78 is 0. The minimum Gasteiger partial charge on any atom is -0.376 e. The molecule has 0 radical (unpaired) electrons. The second-order valence-electron chi connectivity index (χ2n) is 2.56. The van der Waals surface area contributed by atoms with Gasteiger partial charge in [-0.25, -0.2) is 0 Å². The van der Waals surface area contributed by atoms with Crippen LogP contribution in [0.1, 0.15) is 26.7 Å². The van der Waals surface area contributed by atoms with Crippen LogP contribution in [0.2, 0.25) is 0 Å². The van der Waals surface area contributed by atoms with Gasteiger partial charge in [-0.05, 0) is 38.9 Å². The molecule has 0 aliphatic carbocycles. The van der Waals surface area contributed by atoms with Gasteiger partial charge in [0.2, 0.25) is 0 Å². The fourth-order valence-corrected chi connectivity index (χ4v) is 1.03. The van der Waals surface area contributed by atoms with Crippen LogP contribution < -0.4 is 11.1 Å². The first kappa shape index (κ1) is 10.4. The SMILES string of the molecule is CC=CCCC(C)NC(N)=S. The molecule has 0 bridgehead atoms. The summed E-state index contributed by atoms with van der Waals surface area (Å²) >= 11 is 4.70. The Morgan fingerprint density at radius 2 is 2.36 bits per heavy atom. The number of nitrogens with one attached hydrogen (secondary N) is 1. The van der Waals surface area contributed by atoms with E-state index in [0.29, 0.717) is 11.2 Å². The second kappa shape index (κ2) is 6.16. The molecule has 0 aromatic rings. The third-order valence-corrected chi connectivity index (χ3v) is 1.51. The lowest BCUT2D eigenvalue weighted by molar-refractivity contribution is 0.615. The van der Waals surface area contributed by atoms with E-state index in [4.69, 9.17) is 18.0 Å². The van der Waals surface area contributed by atoms with E-state index in [2.05, 4.69) is 18.3 Å². The van der Waals surface area contributed by atoms with Crippen molar-refractivity contribution in [3.05, 3.63) is 12.2 Å². The van der Waals surface area contributed by atoms with Crippen LogP contribution in [0.3, 0.4) is 0 Å². The zero-order chi connectivity index (χ0) is 8.69. The first-order chi connectivity index (χ1) is 5.16. The maximum Gasteiger partial charge on any atom is 0.163 e. The molecule has 0 rings (SSSR count). The van der Waals surface area contributed by atoms with Gasteiger partial charge in [-0.2, -0.15) is 0 Å². The summed E-state index contributed by atoms with van der Waals surface area (Å²) in [5, 5.41) is 3.36. The van der Waals surface area contributed by atoms with Gasteiger partial charge in [-0.15, -0.1) is 0 Å². The molecule has 1 unspecified atom stereocenters. The second-order valence-corrected chi connectivity index (χ2v) is 3.00. The van der Waals surface area contributed by atoms with Crippen LogP contribution >= 0.6 is 12.2 Å². The summed E-state index contributed by atoms with van der Waals surface area (Å²) in [6.45, 7) is 4.09. The minimum atomic E-state index is 0.378. The van der Waals surface area contributed by atoms with Gasteiger partial charge in [-0.1, -0.05) is 12.2 Å². The smallest absolute Gasteiger partial charge is 0.163 e. The highest BCUT2D eigenvalue weighted by atomic mass is 32.1. The van der Waals surface area contributed by atoms with Crippen LogP contribution in [0, 0.1) is 0 Å². The van der Waals surface area contributed by atoms with Gasteiger partial charge in [0, 0.05) is 6.04 Å². The van der Waals surface area contributed by atoms with Crippen molar-refractivity contribution in [1.29, 1.82) is 0 Å². The molecular weight excluding hydrogens is 156 g/mol. The van der Waals surface area contributed by atoms with Crippen molar-refractivity contribution in [3.63, 3.8) is 0 Å². The van der Waals surface area contributed by atoms with Crippen molar-refractivity contribution >= 4 is 17.3 Å².